The van der Waals surface area contributed by atoms with Gasteiger partial charge in [-0.2, -0.15) is 0 Å². The summed E-state index contributed by atoms with van der Waals surface area (Å²) in [7, 11) is 0. The Labute approximate surface area is 162 Å². The number of aliphatic hydroxyl groups excluding tert-OH is 1. The minimum Gasteiger partial charge on any atom is -0.392 e. The van der Waals surface area contributed by atoms with Gasteiger partial charge in [0.2, 0.25) is 0 Å². The van der Waals surface area contributed by atoms with E-state index in [1.807, 2.05) is 12.1 Å². The van der Waals surface area contributed by atoms with Crippen molar-refractivity contribution in [2.24, 2.45) is 0 Å². The van der Waals surface area contributed by atoms with Gasteiger partial charge >= 0.3 is 0 Å². The summed E-state index contributed by atoms with van der Waals surface area (Å²) in [5, 5.41) is 9.34. The topological polar surface area (TPSA) is 23.5 Å². The number of benzene rings is 3. The van der Waals surface area contributed by atoms with Crippen LogP contribution in [-0.2, 0) is 19.5 Å². The SMILES string of the molecule is OC/C=C\C(Cc1ccccc1)N(Cc1ccccc1)Cc1ccccc1. The second-order valence-electron chi connectivity index (χ2n) is 6.74. The lowest BCUT2D eigenvalue weighted by Gasteiger charge is -2.30. The molecule has 0 aliphatic heterocycles. The van der Waals surface area contributed by atoms with Gasteiger partial charge in [-0.15, -0.1) is 0 Å². The molecule has 2 heteroatoms. The molecule has 0 heterocycles. The van der Waals surface area contributed by atoms with E-state index in [0.29, 0.717) is 0 Å². The normalized spacial score (nSPS) is 12.5. The molecule has 0 amide bonds. The van der Waals surface area contributed by atoms with Crippen molar-refractivity contribution in [2.45, 2.75) is 25.6 Å². The van der Waals surface area contributed by atoms with Gasteiger partial charge in [-0.3, -0.25) is 4.90 Å². The van der Waals surface area contributed by atoms with Gasteiger partial charge in [-0.1, -0.05) is 103 Å². The van der Waals surface area contributed by atoms with Gasteiger partial charge in [0.25, 0.3) is 0 Å². The van der Waals surface area contributed by atoms with Crippen molar-refractivity contribution in [1.82, 2.24) is 4.90 Å². The van der Waals surface area contributed by atoms with E-state index in [1.54, 1.807) is 0 Å². The molecule has 0 radical (unpaired) electrons. The highest BCUT2D eigenvalue weighted by molar-refractivity contribution is 5.21. The number of hydrogen-bond acceptors (Lipinski definition) is 2. The highest BCUT2D eigenvalue weighted by Crippen LogP contribution is 2.18. The lowest BCUT2D eigenvalue weighted by molar-refractivity contribution is 0.208. The Bertz CT molecular complexity index is 758. The Balaban J connectivity index is 1.86. The third kappa shape index (κ3) is 6.21. The number of rotatable bonds is 9. The fourth-order valence-electron chi connectivity index (χ4n) is 3.32. The molecule has 2 nitrogen and oxygen atoms in total. The van der Waals surface area contributed by atoms with E-state index in [2.05, 4.69) is 95.9 Å². The molecule has 1 N–H and O–H groups in total. The Morgan fingerprint density at radius 2 is 1.11 bits per heavy atom. The van der Waals surface area contributed by atoms with Crippen molar-refractivity contribution in [2.75, 3.05) is 6.61 Å². The maximum Gasteiger partial charge on any atom is 0.0612 e. The van der Waals surface area contributed by atoms with Crippen molar-refractivity contribution in [3.05, 3.63) is 120 Å². The van der Waals surface area contributed by atoms with E-state index in [9.17, 15) is 5.11 Å². The van der Waals surface area contributed by atoms with Crippen LogP contribution in [0, 0.1) is 0 Å². The lowest BCUT2D eigenvalue weighted by Crippen LogP contribution is -2.34. The molecule has 27 heavy (non-hydrogen) atoms. The van der Waals surface area contributed by atoms with E-state index < -0.39 is 0 Å². The minimum atomic E-state index is 0.0653. The first-order valence-corrected chi connectivity index (χ1v) is 9.48. The van der Waals surface area contributed by atoms with E-state index in [-0.39, 0.29) is 12.6 Å². The number of aliphatic hydroxyl groups is 1. The molecule has 1 atom stereocenters. The number of nitrogens with zero attached hydrogens (tertiary/aromatic N) is 1. The zero-order valence-corrected chi connectivity index (χ0v) is 15.6. The van der Waals surface area contributed by atoms with Crippen LogP contribution in [-0.4, -0.2) is 22.7 Å². The molecule has 0 aliphatic rings. The smallest absolute Gasteiger partial charge is 0.0612 e. The van der Waals surface area contributed by atoms with Gasteiger partial charge in [0, 0.05) is 19.1 Å². The quantitative estimate of drug-likeness (QED) is 0.554. The van der Waals surface area contributed by atoms with Crippen LogP contribution >= 0.6 is 0 Å². The molecule has 0 spiro atoms. The highest BCUT2D eigenvalue weighted by Gasteiger charge is 2.17. The van der Waals surface area contributed by atoms with Crippen molar-refractivity contribution in [3.8, 4) is 0 Å². The third-order valence-corrected chi connectivity index (χ3v) is 4.68. The predicted octanol–water partition coefficient (Wildman–Crippen LogP) is 4.85. The molecule has 0 aliphatic carbocycles. The first-order chi connectivity index (χ1) is 13.3. The molecular weight excluding hydrogens is 330 g/mol. The van der Waals surface area contributed by atoms with Crippen molar-refractivity contribution >= 4 is 0 Å². The second-order valence-corrected chi connectivity index (χ2v) is 6.74. The van der Waals surface area contributed by atoms with Crippen LogP contribution in [0.3, 0.4) is 0 Å². The van der Waals surface area contributed by atoms with Crippen molar-refractivity contribution in [1.29, 1.82) is 0 Å². The van der Waals surface area contributed by atoms with Crippen molar-refractivity contribution < 1.29 is 5.11 Å². The van der Waals surface area contributed by atoms with Gasteiger partial charge in [-0.05, 0) is 23.1 Å². The molecular formula is C25H27NO. The molecule has 0 saturated heterocycles. The molecule has 3 aromatic rings. The zero-order valence-electron chi connectivity index (χ0n) is 15.6. The summed E-state index contributed by atoms with van der Waals surface area (Å²) < 4.78 is 0. The summed E-state index contributed by atoms with van der Waals surface area (Å²) in [5.74, 6) is 0. The fourth-order valence-corrected chi connectivity index (χ4v) is 3.32. The Morgan fingerprint density at radius 1 is 0.667 bits per heavy atom. The van der Waals surface area contributed by atoms with Crippen LogP contribution in [0.5, 0.6) is 0 Å². The average molecular weight is 357 g/mol. The van der Waals surface area contributed by atoms with E-state index >= 15 is 0 Å². The minimum absolute atomic E-state index is 0.0653. The van der Waals surface area contributed by atoms with Gasteiger partial charge in [0.15, 0.2) is 0 Å². The Morgan fingerprint density at radius 3 is 1.56 bits per heavy atom. The number of hydrogen-bond donors (Lipinski definition) is 1. The third-order valence-electron chi connectivity index (χ3n) is 4.68. The van der Waals surface area contributed by atoms with E-state index in [4.69, 9.17) is 0 Å². The maximum atomic E-state index is 9.34. The molecule has 3 aromatic carbocycles. The first-order valence-electron chi connectivity index (χ1n) is 9.48. The summed E-state index contributed by atoms with van der Waals surface area (Å²) in [6, 6.07) is 31.9. The van der Waals surface area contributed by atoms with Gasteiger partial charge < -0.3 is 5.11 Å². The Kier molecular flexibility index (Phi) is 7.40. The van der Waals surface area contributed by atoms with Gasteiger partial charge in [0.1, 0.15) is 0 Å². The van der Waals surface area contributed by atoms with E-state index in [1.165, 1.54) is 16.7 Å². The summed E-state index contributed by atoms with van der Waals surface area (Å²) >= 11 is 0. The molecule has 0 aromatic heterocycles. The standard InChI is InChI=1S/C25H27NO/c27-18-10-17-25(19-22-11-4-1-5-12-22)26(20-23-13-6-2-7-14-23)21-24-15-8-3-9-16-24/h1-17,25,27H,18-21H2/b17-10-. The maximum absolute atomic E-state index is 9.34. The molecule has 1 unspecified atom stereocenters. The fraction of sp³-hybridized carbons (Fsp3) is 0.200. The summed E-state index contributed by atoms with van der Waals surface area (Å²) in [6.07, 6.45) is 4.91. The van der Waals surface area contributed by atoms with Crippen LogP contribution in [0.25, 0.3) is 0 Å². The molecule has 0 saturated carbocycles. The van der Waals surface area contributed by atoms with Crippen LogP contribution in [0.2, 0.25) is 0 Å². The molecule has 0 bridgehead atoms. The van der Waals surface area contributed by atoms with Crippen LogP contribution < -0.4 is 0 Å². The zero-order chi connectivity index (χ0) is 18.7. The molecule has 0 fully saturated rings. The first kappa shape index (κ1) is 19.1. The Hall–Kier alpha value is -2.68. The monoisotopic (exact) mass is 357 g/mol. The van der Waals surface area contributed by atoms with Crippen LogP contribution in [0.4, 0.5) is 0 Å². The van der Waals surface area contributed by atoms with Gasteiger partial charge in [-0.25, -0.2) is 0 Å². The molecule has 3 rings (SSSR count). The average Bonchev–Trinajstić information content (AvgIpc) is 2.73. The molecule has 138 valence electrons. The van der Waals surface area contributed by atoms with Crippen LogP contribution in [0.1, 0.15) is 16.7 Å². The predicted molar refractivity (Wildman–Crippen MR) is 112 cm³/mol. The summed E-state index contributed by atoms with van der Waals surface area (Å²) in [5.41, 5.74) is 3.89. The van der Waals surface area contributed by atoms with Crippen molar-refractivity contribution in [3.63, 3.8) is 0 Å². The van der Waals surface area contributed by atoms with E-state index in [0.717, 1.165) is 19.5 Å². The highest BCUT2D eigenvalue weighted by atomic mass is 16.2. The lowest BCUT2D eigenvalue weighted by atomic mass is 10.0. The summed E-state index contributed by atoms with van der Waals surface area (Å²) in [6.45, 7) is 1.79. The van der Waals surface area contributed by atoms with Gasteiger partial charge in [0.05, 0.1) is 6.61 Å². The second kappa shape index (κ2) is 10.5. The van der Waals surface area contributed by atoms with Crippen LogP contribution in [0.15, 0.2) is 103 Å². The summed E-state index contributed by atoms with van der Waals surface area (Å²) in [4.78, 5) is 2.48. The largest absolute Gasteiger partial charge is 0.392 e.